The molecule has 8 unspecified atom stereocenters. The van der Waals surface area contributed by atoms with Crippen molar-refractivity contribution in [1.82, 2.24) is 26.2 Å². The van der Waals surface area contributed by atoms with Gasteiger partial charge in [-0.25, -0.2) is 9.38 Å². The van der Waals surface area contributed by atoms with E-state index in [1.54, 1.807) is 11.0 Å². The van der Waals surface area contributed by atoms with E-state index >= 15 is 4.39 Å². The van der Waals surface area contributed by atoms with Gasteiger partial charge in [0.1, 0.15) is 17.4 Å². The highest BCUT2D eigenvalue weighted by molar-refractivity contribution is 6.17. The van der Waals surface area contributed by atoms with Crippen molar-refractivity contribution in [2.24, 2.45) is 33.4 Å². The molecular weight excluding hydrogens is 582 g/mol. The van der Waals surface area contributed by atoms with Crippen LogP contribution in [0.2, 0.25) is 0 Å². The topological polar surface area (TPSA) is 141 Å². The number of nitrogens with one attached hydrogen (secondary N) is 4. The number of Topliss-reactive ketones (excluding diaryl/α,β-unsaturated/α-hetero) is 1. The largest absolute Gasteiger partial charge is 0.395 e. The lowest BCUT2D eigenvalue weighted by Gasteiger charge is -2.42. The predicted molar refractivity (Wildman–Crippen MR) is 151 cm³/mol. The van der Waals surface area contributed by atoms with Crippen molar-refractivity contribution in [2.75, 3.05) is 19.6 Å². The van der Waals surface area contributed by atoms with Crippen LogP contribution in [0.4, 0.5) is 17.6 Å². The quantitative estimate of drug-likeness (QED) is 0.228. The maximum absolute atomic E-state index is 15.9. The number of aliphatic imine (C=N–C) groups is 1. The number of ketones is 1. The summed E-state index contributed by atoms with van der Waals surface area (Å²) in [7, 11) is 0. The van der Waals surface area contributed by atoms with E-state index < -0.39 is 54.1 Å². The zero-order valence-corrected chi connectivity index (χ0v) is 24.1. The predicted octanol–water partition coefficient (Wildman–Crippen LogP) is 0.965. The first kappa shape index (κ1) is 29.8. The first-order valence-electron chi connectivity index (χ1n) is 15.4. The summed E-state index contributed by atoms with van der Waals surface area (Å²) in [6.45, 7) is 1.80. The number of hydrogen-bond donors (Lipinski definition) is 5. The highest BCUT2D eigenvalue weighted by atomic mass is 19.4. The van der Waals surface area contributed by atoms with Crippen molar-refractivity contribution in [2.45, 2.75) is 81.2 Å². The van der Waals surface area contributed by atoms with Crippen LogP contribution in [0.1, 0.15) is 38.5 Å². The molecule has 10 nitrogen and oxygen atoms in total. The van der Waals surface area contributed by atoms with Gasteiger partial charge in [-0.3, -0.25) is 19.7 Å². The summed E-state index contributed by atoms with van der Waals surface area (Å²) in [5.74, 6) is -3.26. The summed E-state index contributed by atoms with van der Waals surface area (Å²) >= 11 is 0. The minimum absolute atomic E-state index is 0.000212. The third kappa shape index (κ3) is 5.03. The number of nitrogens with two attached hydrogens (primary N) is 1. The Labute approximate surface area is 252 Å². The van der Waals surface area contributed by atoms with Gasteiger partial charge in [0.05, 0.1) is 24.2 Å². The van der Waals surface area contributed by atoms with Gasteiger partial charge in [-0.1, -0.05) is 18.2 Å². The molecule has 5 fully saturated rings. The lowest BCUT2D eigenvalue weighted by Crippen LogP contribution is -2.69. The number of nitrogens with zero attached hydrogens (tertiary/aromatic N) is 2. The van der Waals surface area contributed by atoms with Crippen LogP contribution in [0.3, 0.4) is 0 Å². The Morgan fingerprint density at radius 1 is 1.16 bits per heavy atom. The van der Waals surface area contributed by atoms with Crippen molar-refractivity contribution in [3.05, 3.63) is 36.1 Å². The molecule has 4 heterocycles. The number of carbonyl (C=O) groups excluding carboxylic acids is 3. The van der Waals surface area contributed by atoms with Gasteiger partial charge < -0.3 is 26.6 Å². The molecule has 0 aromatic rings. The number of fused-ring (bicyclic) bond motifs is 1. The summed E-state index contributed by atoms with van der Waals surface area (Å²) in [4.78, 5) is 44.6. The zero-order valence-electron chi connectivity index (χ0n) is 24.1. The van der Waals surface area contributed by atoms with E-state index in [1.165, 1.54) is 12.2 Å². The summed E-state index contributed by atoms with van der Waals surface area (Å²) in [6.07, 6.45) is 2.75. The van der Waals surface area contributed by atoms with Crippen molar-refractivity contribution in [3.8, 4) is 0 Å². The van der Waals surface area contributed by atoms with Gasteiger partial charge in [-0.05, 0) is 38.2 Å². The van der Waals surface area contributed by atoms with Gasteiger partial charge in [-0.2, -0.15) is 13.2 Å². The summed E-state index contributed by atoms with van der Waals surface area (Å²) in [5, 5.41) is 12.7. The van der Waals surface area contributed by atoms with Crippen LogP contribution >= 0.6 is 0 Å². The van der Waals surface area contributed by atoms with E-state index in [0.717, 1.165) is 25.1 Å². The lowest BCUT2D eigenvalue weighted by atomic mass is 9.82. The van der Waals surface area contributed by atoms with E-state index in [-0.39, 0.29) is 46.6 Å². The van der Waals surface area contributed by atoms with Crippen LogP contribution in [0.15, 0.2) is 41.1 Å². The molecule has 0 aromatic heterocycles. The molecule has 238 valence electrons. The minimum atomic E-state index is -4.46. The normalized spacial score (nSPS) is 39.7. The molecule has 2 saturated carbocycles. The van der Waals surface area contributed by atoms with Crippen LogP contribution in [0, 0.1) is 22.7 Å². The number of alkyl halides is 4. The second-order valence-electron chi connectivity index (χ2n) is 13.4. The third-order valence-corrected chi connectivity index (χ3v) is 10.7. The van der Waals surface area contributed by atoms with E-state index in [2.05, 4.69) is 26.3 Å². The standard InChI is InChI=1S/C30H37F4N7O3/c31-18-11-15(26(43)40-21-12-16(4-8-36-21)30(32,33)34)1-2-17(18)22(23-25(35)38-10-9-37-23)39-20-13-28(20)5-3-19-24(42)29(6-7-29)27(44)41(19)14-28/h1-2,4,8,11,16-20,22-23,25,37-39H,3,5-7,9-10,12-14,35H2,(H,36,40,43)/t16?,17?,18?,19-,20?,22?,23?,25?,28?/m0/s1. The fourth-order valence-electron chi connectivity index (χ4n) is 7.89. The molecule has 0 aromatic carbocycles. The van der Waals surface area contributed by atoms with Gasteiger partial charge in [0.2, 0.25) is 5.91 Å². The van der Waals surface area contributed by atoms with Gasteiger partial charge in [0.25, 0.3) is 5.91 Å². The number of allylic oxidation sites excluding steroid dienone is 2. The molecule has 6 N–H and O–H groups in total. The number of rotatable bonds is 5. The van der Waals surface area contributed by atoms with Crippen LogP contribution in [0.5, 0.6) is 0 Å². The molecular formula is C30H37F4N7O3. The van der Waals surface area contributed by atoms with Crippen LogP contribution in [-0.4, -0.2) is 90.6 Å². The van der Waals surface area contributed by atoms with Gasteiger partial charge in [0.15, 0.2) is 5.78 Å². The van der Waals surface area contributed by atoms with Crippen LogP contribution in [-0.2, 0) is 14.4 Å². The highest BCUT2D eigenvalue weighted by Gasteiger charge is 2.70. The number of halogens is 4. The molecule has 0 bridgehead atoms. The molecule has 0 radical (unpaired) electrons. The average molecular weight is 620 g/mol. The molecule has 2 amide bonds. The maximum atomic E-state index is 15.9. The fraction of sp³-hybridized carbons (Fsp3) is 0.667. The maximum Gasteiger partial charge on any atom is 0.395 e. The van der Waals surface area contributed by atoms with E-state index in [4.69, 9.17) is 5.73 Å². The number of piperazine rings is 1. The Morgan fingerprint density at radius 3 is 2.64 bits per heavy atom. The Balaban J connectivity index is 1.04. The average Bonchev–Trinajstić information content (AvgIpc) is 3.91. The number of piperidine rings is 1. The Morgan fingerprint density at radius 2 is 1.93 bits per heavy atom. The lowest BCUT2D eigenvalue weighted by molar-refractivity contribution is -0.159. The van der Waals surface area contributed by atoms with Gasteiger partial charge in [0, 0.05) is 61.2 Å². The fourth-order valence-corrected chi connectivity index (χ4v) is 7.89. The molecule has 3 aliphatic carbocycles. The molecule has 3 saturated heterocycles. The van der Waals surface area contributed by atoms with Gasteiger partial charge in [-0.15, -0.1) is 0 Å². The van der Waals surface area contributed by atoms with Gasteiger partial charge >= 0.3 is 6.18 Å². The van der Waals surface area contributed by atoms with Crippen molar-refractivity contribution >= 4 is 23.4 Å². The van der Waals surface area contributed by atoms with Crippen molar-refractivity contribution < 1.29 is 31.9 Å². The Kier molecular flexibility index (Phi) is 7.14. The Bertz CT molecular complexity index is 1370. The molecule has 7 aliphatic rings. The van der Waals surface area contributed by atoms with E-state index in [0.29, 0.717) is 38.9 Å². The molecule has 9 atom stereocenters. The van der Waals surface area contributed by atoms with Crippen LogP contribution in [0.25, 0.3) is 0 Å². The number of hydrogen-bond acceptors (Lipinski definition) is 8. The number of carbonyl (C=O) groups is 3. The number of amidine groups is 1. The van der Waals surface area contributed by atoms with Crippen LogP contribution < -0.4 is 27.0 Å². The second kappa shape index (κ2) is 10.6. The summed E-state index contributed by atoms with van der Waals surface area (Å²) in [5.41, 5.74) is 5.47. The van der Waals surface area contributed by atoms with E-state index in [9.17, 15) is 27.6 Å². The van der Waals surface area contributed by atoms with E-state index in [1.807, 2.05) is 0 Å². The summed E-state index contributed by atoms with van der Waals surface area (Å²) in [6, 6.07) is -1.15. The summed E-state index contributed by atoms with van der Waals surface area (Å²) < 4.78 is 55.4. The monoisotopic (exact) mass is 619 g/mol. The smallest absolute Gasteiger partial charge is 0.331 e. The molecule has 7 rings (SSSR count). The number of amides is 2. The molecule has 4 aliphatic heterocycles. The third-order valence-electron chi connectivity index (χ3n) is 10.7. The first-order chi connectivity index (χ1) is 20.9. The molecule has 2 spiro atoms. The van der Waals surface area contributed by atoms with Crippen molar-refractivity contribution in [1.29, 1.82) is 0 Å². The van der Waals surface area contributed by atoms with Crippen molar-refractivity contribution in [3.63, 3.8) is 0 Å². The zero-order chi connectivity index (χ0) is 31.0. The minimum Gasteiger partial charge on any atom is -0.331 e. The first-order valence-corrected chi connectivity index (χ1v) is 15.4. The molecule has 44 heavy (non-hydrogen) atoms. The highest BCUT2D eigenvalue weighted by Crippen LogP contribution is 2.60. The SMILES string of the molecule is NC1NCCNC1C(NC1CC12CC[C@H]1C(=O)C3(CC3)C(=O)N1C2)C1C=CC(C(=O)NC2=NC=CC(C(F)(F)F)C2)=CC1F. The molecule has 14 heteroatoms. The Hall–Kier alpha value is -2.94. The second-order valence-corrected chi connectivity index (χ2v) is 13.4.